The summed E-state index contributed by atoms with van der Waals surface area (Å²) in [6.45, 7) is 9.18. The largest absolute Gasteiger partial charge is 0.480 e. The lowest BCUT2D eigenvalue weighted by Gasteiger charge is -2.23. The van der Waals surface area contributed by atoms with E-state index in [4.69, 9.17) is 9.84 Å². The van der Waals surface area contributed by atoms with Crippen LogP contribution in [0.15, 0.2) is 0 Å². The second kappa shape index (κ2) is 7.20. The molecule has 0 spiro atoms. The van der Waals surface area contributed by atoms with E-state index in [0.717, 1.165) is 0 Å². The summed E-state index contributed by atoms with van der Waals surface area (Å²) >= 11 is 0. The quantitative estimate of drug-likeness (QED) is 0.671. The second-order valence-electron chi connectivity index (χ2n) is 5.21. The molecule has 0 bridgehead atoms. The van der Waals surface area contributed by atoms with Gasteiger partial charge in [0, 0.05) is 12.6 Å². The summed E-state index contributed by atoms with van der Waals surface area (Å²) in [4.78, 5) is 22.1. The zero-order valence-electron chi connectivity index (χ0n) is 11.7. The Morgan fingerprint density at radius 1 is 1.33 bits per heavy atom. The summed E-state index contributed by atoms with van der Waals surface area (Å²) in [5.41, 5.74) is -0.534. The van der Waals surface area contributed by atoms with Gasteiger partial charge in [0.2, 0.25) is 0 Å². The van der Waals surface area contributed by atoms with Gasteiger partial charge in [0.15, 0.2) is 0 Å². The molecule has 0 fully saturated rings. The van der Waals surface area contributed by atoms with Gasteiger partial charge >= 0.3 is 12.1 Å². The van der Waals surface area contributed by atoms with Gasteiger partial charge in [-0.3, -0.25) is 4.79 Å². The van der Waals surface area contributed by atoms with E-state index in [2.05, 4.69) is 10.6 Å². The van der Waals surface area contributed by atoms with Crippen LogP contribution in [0.4, 0.5) is 4.79 Å². The van der Waals surface area contributed by atoms with E-state index < -0.39 is 23.7 Å². The standard InChI is InChI=1S/C12H24N2O4/c1-6-9(14-8(2)10(15)16)7-13-11(17)18-12(3,4)5/h8-9,14H,6-7H2,1-5H3,(H,13,17)(H,15,16). The molecule has 1 amide bonds. The summed E-state index contributed by atoms with van der Waals surface area (Å²) in [5.74, 6) is -0.911. The van der Waals surface area contributed by atoms with E-state index in [-0.39, 0.29) is 6.04 Å². The van der Waals surface area contributed by atoms with Crippen LogP contribution in [0, 0.1) is 0 Å². The molecule has 6 nitrogen and oxygen atoms in total. The van der Waals surface area contributed by atoms with Gasteiger partial charge in [-0.2, -0.15) is 0 Å². The zero-order chi connectivity index (χ0) is 14.3. The first-order chi connectivity index (χ1) is 8.15. The van der Waals surface area contributed by atoms with E-state index in [1.807, 2.05) is 6.92 Å². The molecular formula is C12H24N2O4. The predicted molar refractivity (Wildman–Crippen MR) is 68.5 cm³/mol. The summed E-state index contributed by atoms with van der Waals surface area (Å²) in [7, 11) is 0. The van der Waals surface area contributed by atoms with Crippen molar-refractivity contribution < 1.29 is 19.4 Å². The average Bonchev–Trinajstić information content (AvgIpc) is 2.21. The van der Waals surface area contributed by atoms with Gasteiger partial charge in [-0.25, -0.2) is 4.79 Å². The summed E-state index contributed by atoms with van der Waals surface area (Å²) in [6.07, 6.45) is 0.221. The van der Waals surface area contributed by atoms with Gasteiger partial charge in [-0.15, -0.1) is 0 Å². The maximum atomic E-state index is 11.4. The van der Waals surface area contributed by atoms with Crippen LogP contribution >= 0.6 is 0 Å². The van der Waals surface area contributed by atoms with Gasteiger partial charge in [-0.05, 0) is 34.1 Å². The molecule has 2 atom stereocenters. The molecule has 0 saturated carbocycles. The third kappa shape index (κ3) is 7.89. The van der Waals surface area contributed by atoms with Gasteiger partial charge < -0.3 is 20.5 Å². The molecule has 0 aliphatic rings. The second-order valence-corrected chi connectivity index (χ2v) is 5.21. The molecule has 0 saturated heterocycles. The number of nitrogens with one attached hydrogen (secondary N) is 2. The summed E-state index contributed by atoms with van der Waals surface area (Å²) in [6, 6.07) is -0.737. The Balaban J connectivity index is 4.08. The fraction of sp³-hybridized carbons (Fsp3) is 0.833. The average molecular weight is 260 g/mol. The molecule has 3 N–H and O–H groups in total. The number of amides is 1. The molecule has 0 aromatic rings. The van der Waals surface area contributed by atoms with Crippen molar-refractivity contribution in [2.24, 2.45) is 0 Å². The van der Waals surface area contributed by atoms with Gasteiger partial charge in [0.05, 0.1) is 0 Å². The lowest BCUT2D eigenvalue weighted by atomic mass is 10.2. The first-order valence-electron chi connectivity index (χ1n) is 6.11. The molecule has 2 unspecified atom stereocenters. The molecule has 0 aliphatic heterocycles. The number of hydrogen-bond donors (Lipinski definition) is 3. The van der Waals surface area contributed by atoms with Crippen LogP contribution in [-0.4, -0.2) is 41.4 Å². The lowest BCUT2D eigenvalue weighted by molar-refractivity contribution is -0.139. The van der Waals surface area contributed by atoms with Crippen LogP contribution in [-0.2, 0) is 9.53 Å². The predicted octanol–water partition coefficient (Wildman–Crippen LogP) is 1.35. The highest BCUT2D eigenvalue weighted by atomic mass is 16.6. The molecule has 6 heteroatoms. The van der Waals surface area contributed by atoms with Crippen LogP contribution in [0.3, 0.4) is 0 Å². The van der Waals surface area contributed by atoms with Crippen molar-refractivity contribution in [3.05, 3.63) is 0 Å². The fourth-order valence-corrected chi connectivity index (χ4v) is 1.27. The molecule has 106 valence electrons. The molecular weight excluding hydrogens is 236 g/mol. The minimum Gasteiger partial charge on any atom is -0.480 e. The number of ether oxygens (including phenoxy) is 1. The first-order valence-corrected chi connectivity index (χ1v) is 6.11. The minimum absolute atomic E-state index is 0.0939. The van der Waals surface area contributed by atoms with Gasteiger partial charge in [0.1, 0.15) is 11.6 Å². The lowest BCUT2D eigenvalue weighted by Crippen LogP contribution is -2.47. The van der Waals surface area contributed by atoms with Crippen LogP contribution in [0.1, 0.15) is 41.0 Å². The Hall–Kier alpha value is -1.30. The third-order valence-corrected chi connectivity index (χ3v) is 2.24. The molecule has 0 aromatic heterocycles. The number of rotatable bonds is 6. The van der Waals surface area contributed by atoms with E-state index >= 15 is 0 Å². The number of carbonyl (C=O) groups is 2. The molecule has 18 heavy (non-hydrogen) atoms. The highest BCUT2D eigenvalue weighted by Gasteiger charge is 2.19. The van der Waals surface area contributed by atoms with Crippen LogP contribution in [0.25, 0.3) is 0 Å². The van der Waals surface area contributed by atoms with E-state index in [1.165, 1.54) is 0 Å². The highest BCUT2D eigenvalue weighted by molar-refractivity contribution is 5.73. The molecule has 0 aromatic carbocycles. The van der Waals surface area contributed by atoms with Gasteiger partial charge in [0.25, 0.3) is 0 Å². The Kier molecular flexibility index (Phi) is 6.68. The molecule has 0 heterocycles. The van der Waals surface area contributed by atoms with Crippen molar-refractivity contribution in [3.8, 4) is 0 Å². The Labute approximate surface area is 108 Å². The van der Waals surface area contributed by atoms with Crippen molar-refractivity contribution in [2.75, 3.05) is 6.54 Å². The summed E-state index contributed by atoms with van der Waals surface area (Å²) < 4.78 is 5.09. The fourth-order valence-electron chi connectivity index (χ4n) is 1.27. The number of carboxylic acid groups (broad SMARTS) is 1. The smallest absolute Gasteiger partial charge is 0.407 e. The van der Waals surface area contributed by atoms with Crippen molar-refractivity contribution in [1.82, 2.24) is 10.6 Å². The monoisotopic (exact) mass is 260 g/mol. The maximum absolute atomic E-state index is 11.4. The van der Waals surface area contributed by atoms with Crippen molar-refractivity contribution >= 4 is 12.1 Å². The van der Waals surface area contributed by atoms with Crippen molar-refractivity contribution in [1.29, 1.82) is 0 Å². The topological polar surface area (TPSA) is 87.7 Å². The zero-order valence-corrected chi connectivity index (χ0v) is 11.7. The van der Waals surface area contributed by atoms with Crippen LogP contribution in [0.2, 0.25) is 0 Å². The Morgan fingerprint density at radius 2 is 1.89 bits per heavy atom. The highest BCUT2D eigenvalue weighted by Crippen LogP contribution is 2.06. The summed E-state index contributed by atoms with van der Waals surface area (Å²) in [5, 5.41) is 14.3. The number of carbonyl (C=O) groups excluding carboxylic acids is 1. The Morgan fingerprint density at radius 3 is 2.28 bits per heavy atom. The number of carboxylic acids is 1. The number of hydrogen-bond acceptors (Lipinski definition) is 4. The normalized spacial score (nSPS) is 14.7. The third-order valence-electron chi connectivity index (χ3n) is 2.24. The van der Waals surface area contributed by atoms with E-state index in [1.54, 1.807) is 27.7 Å². The molecule has 0 rings (SSSR count). The van der Waals surface area contributed by atoms with Crippen molar-refractivity contribution in [3.63, 3.8) is 0 Å². The first kappa shape index (κ1) is 16.7. The van der Waals surface area contributed by atoms with E-state index in [0.29, 0.717) is 13.0 Å². The number of alkyl carbamates (subject to hydrolysis) is 1. The van der Waals surface area contributed by atoms with E-state index in [9.17, 15) is 9.59 Å². The minimum atomic E-state index is -0.911. The maximum Gasteiger partial charge on any atom is 0.407 e. The van der Waals surface area contributed by atoms with Crippen molar-refractivity contribution in [2.45, 2.75) is 58.7 Å². The Bertz CT molecular complexity index is 286. The molecule has 0 radical (unpaired) electrons. The molecule has 0 aliphatic carbocycles. The SMILES string of the molecule is CCC(CNC(=O)OC(C)(C)C)NC(C)C(=O)O. The van der Waals surface area contributed by atoms with Crippen LogP contribution < -0.4 is 10.6 Å². The van der Waals surface area contributed by atoms with Crippen LogP contribution in [0.5, 0.6) is 0 Å². The van der Waals surface area contributed by atoms with Gasteiger partial charge in [-0.1, -0.05) is 6.92 Å². The number of aliphatic carboxylic acids is 1.